The van der Waals surface area contributed by atoms with Crippen molar-refractivity contribution in [1.82, 2.24) is 0 Å². The molecular formula is C32H18S. The molecule has 1 heterocycles. The van der Waals surface area contributed by atoms with Gasteiger partial charge in [-0.25, -0.2) is 0 Å². The summed E-state index contributed by atoms with van der Waals surface area (Å²) in [5, 5.41) is 13.4. The summed E-state index contributed by atoms with van der Waals surface area (Å²) in [6.07, 6.45) is 0. The van der Waals surface area contributed by atoms with Crippen molar-refractivity contribution < 1.29 is 0 Å². The monoisotopic (exact) mass is 434 g/mol. The Hall–Kier alpha value is -3.94. The molecule has 0 aliphatic rings. The van der Waals surface area contributed by atoms with E-state index < -0.39 is 0 Å². The van der Waals surface area contributed by atoms with E-state index in [0.29, 0.717) is 0 Å². The molecule has 7 aromatic carbocycles. The number of benzene rings is 7. The first-order valence-corrected chi connectivity index (χ1v) is 12.2. The molecule has 0 aliphatic carbocycles. The lowest BCUT2D eigenvalue weighted by atomic mass is 9.91. The molecule has 0 N–H and O–H groups in total. The van der Waals surface area contributed by atoms with Crippen molar-refractivity contribution in [1.29, 1.82) is 0 Å². The molecule has 0 bridgehead atoms. The maximum absolute atomic E-state index is 2.38. The summed E-state index contributed by atoms with van der Waals surface area (Å²) in [5.74, 6) is 0. The zero-order valence-electron chi connectivity index (χ0n) is 17.8. The van der Waals surface area contributed by atoms with Gasteiger partial charge in [0.1, 0.15) is 0 Å². The van der Waals surface area contributed by atoms with Crippen molar-refractivity contribution in [2.24, 2.45) is 0 Å². The Bertz CT molecular complexity index is 1960. The van der Waals surface area contributed by atoms with Crippen LogP contribution in [-0.4, -0.2) is 0 Å². The van der Waals surface area contributed by atoms with Crippen molar-refractivity contribution in [3.8, 4) is 11.1 Å². The minimum atomic E-state index is 1.29. The molecule has 0 atom stereocenters. The van der Waals surface area contributed by atoms with Gasteiger partial charge >= 0.3 is 0 Å². The minimum absolute atomic E-state index is 1.29. The Kier molecular flexibility index (Phi) is 3.37. The van der Waals surface area contributed by atoms with Crippen LogP contribution in [0.2, 0.25) is 0 Å². The van der Waals surface area contributed by atoms with E-state index in [1.54, 1.807) is 0 Å². The van der Waals surface area contributed by atoms with Crippen molar-refractivity contribution in [3.63, 3.8) is 0 Å². The lowest BCUT2D eigenvalue weighted by molar-refractivity contribution is 1.73. The largest absolute Gasteiger partial charge is 0.134 e. The maximum atomic E-state index is 2.38. The van der Waals surface area contributed by atoms with E-state index in [-0.39, 0.29) is 0 Å². The Morgan fingerprint density at radius 1 is 0.394 bits per heavy atom. The highest BCUT2D eigenvalue weighted by molar-refractivity contribution is 7.27. The average Bonchev–Trinajstić information content (AvgIpc) is 3.26. The lowest BCUT2D eigenvalue weighted by Crippen LogP contribution is -1.86. The number of fused-ring (bicyclic) bond motifs is 5. The summed E-state index contributed by atoms with van der Waals surface area (Å²) in [6, 6.07) is 40.5. The molecule has 8 aromatic rings. The van der Waals surface area contributed by atoms with Crippen molar-refractivity contribution >= 4 is 74.6 Å². The third-order valence-corrected chi connectivity index (χ3v) is 8.45. The van der Waals surface area contributed by atoms with Gasteiger partial charge in [-0.1, -0.05) is 97.1 Å². The molecule has 0 fully saturated rings. The van der Waals surface area contributed by atoms with E-state index in [4.69, 9.17) is 0 Å². The van der Waals surface area contributed by atoms with E-state index in [9.17, 15) is 0 Å². The molecule has 0 radical (unpaired) electrons. The third kappa shape index (κ3) is 2.35. The van der Waals surface area contributed by atoms with Gasteiger partial charge in [-0.05, 0) is 66.3 Å². The van der Waals surface area contributed by atoms with Crippen LogP contribution >= 0.6 is 11.3 Å². The number of hydrogen-bond donors (Lipinski definition) is 0. The van der Waals surface area contributed by atoms with Gasteiger partial charge < -0.3 is 0 Å². The second-order valence-electron chi connectivity index (χ2n) is 8.96. The first-order chi connectivity index (χ1) is 16.3. The van der Waals surface area contributed by atoms with Crippen molar-refractivity contribution in [2.75, 3.05) is 0 Å². The van der Waals surface area contributed by atoms with Gasteiger partial charge in [-0.15, -0.1) is 11.3 Å². The molecule has 0 amide bonds. The van der Waals surface area contributed by atoms with Crippen molar-refractivity contribution in [3.05, 3.63) is 109 Å². The highest BCUT2D eigenvalue weighted by Gasteiger charge is 2.14. The van der Waals surface area contributed by atoms with Crippen molar-refractivity contribution in [2.45, 2.75) is 0 Å². The Morgan fingerprint density at radius 2 is 0.970 bits per heavy atom. The van der Waals surface area contributed by atoms with E-state index in [1.165, 1.54) is 74.4 Å². The van der Waals surface area contributed by atoms with Gasteiger partial charge in [0.15, 0.2) is 0 Å². The van der Waals surface area contributed by atoms with Crippen LogP contribution in [0.3, 0.4) is 0 Å². The zero-order chi connectivity index (χ0) is 21.5. The second-order valence-corrected chi connectivity index (χ2v) is 9.98. The molecule has 0 saturated heterocycles. The molecule has 0 nitrogen and oxygen atoms in total. The number of hydrogen-bond acceptors (Lipinski definition) is 1. The van der Waals surface area contributed by atoms with Gasteiger partial charge in [-0.3, -0.25) is 0 Å². The molecule has 8 rings (SSSR count). The molecule has 1 aromatic heterocycles. The Labute approximate surface area is 194 Å². The van der Waals surface area contributed by atoms with Crippen LogP contribution in [0.25, 0.3) is 74.4 Å². The van der Waals surface area contributed by atoms with Gasteiger partial charge in [0, 0.05) is 20.2 Å². The standard InChI is InChI=1S/C32H18S/c1-2-8-25-19(5-1)15-16-28-27-10-4-9-26(32(27)33-31(25)28)24-17-22-13-11-20-6-3-7-21-12-14-23(18-24)30(22)29(20)21/h1-18H. The maximum Gasteiger partial charge on any atom is 0.0434 e. The Morgan fingerprint density at radius 3 is 1.79 bits per heavy atom. The summed E-state index contributed by atoms with van der Waals surface area (Å²) < 4.78 is 2.75. The first-order valence-electron chi connectivity index (χ1n) is 11.4. The average molecular weight is 435 g/mol. The first kappa shape index (κ1) is 17.6. The molecule has 0 unspecified atom stereocenters. The fraction of sp³-hybridized carbons (Fsp3) is 0. The SMILES string of the molecule is c1ccc2c(c1)ccc1c3cccc(-c4cc5ccc6cccc7ccc(c4)c5c67)c3sc21. The van der Waals surface area contributed by atoms with Crippen LogP contribution in [0.1, 0.15) is 0 Å². The van der Waals surface area contributed by atoms with E-state index in [1.807, 2.05) is 11.3 Å². The quantitative estimate of drug-likeness (QED) is 0.226. The van der Waals surface area contributed by atoms with Crippen LogP contribution < -0.4 is 0 Å². The fourth-order valence-corrected chi connectivity index (χ4v) is 7.03. The molecule has 33 heavy (non-hydrogen) atoms. The lowest BCUT2D eigenvalue weighted by Gasteiger charge is -2.13. The van der Waals surface area contributed by atoms with Crippen LogP contribution in [0.5, 0.6) is 0 Å². The third-order valence-electron chi connectivity index (χ3n) is 7.16. The van der Waals surface area contributed by atoms with Gasteiger partial charge in [-0.2, -0.15) is 0 Å². The summed E-state index contributed by atoms with van der Waals surface area (Å²) in [7, 11) is 0. The molecule has 0 aliphatic heterocycles. The highest BCUT2D eigenvalue weighted by atomic mass is 32.1. The molecule has 1 heteroatoms. The number of thiophene rings is 1. The summed E-state index contributed by atoms with van der Waals surface area (Å²) in [4.78, 5) is 0. The van der Waals surface area contributed by atoms with E-state index in [2.05, 4.69) is 109 Å². The van der Waals surface area contributed by atoms with Gasteiger partial charge in [0.25, 0.3) is 0 Å². The van der Waals surface area contributed by atoms with Crippen LogP contribution in [0.4, 0.5) is 0 Å². The van der Waals surface area contributed by atoms with Gasteiger partial charge in [0.05, 0.1) is 0 Å². The van der Waals surface area contributed by atoms with E-state index >= 15 is 0 Å². The predicted octanol–water partition coefficient (Wildman–Crippen LogP) is 9.77. The highest BCUT2D eigenvalue weighted by Crippen LogP contribution is 2.44. The summed E-state index contributed by atoms with van der Waals surface area (Å²) in [6.45, 7) is 0. The minimum Gasteiger partial charge on any atom is -0.134 e. The smallest absolute Gasteiger partial charge is 0.0434 e. The van der Waals surface area contributed by atoms with Crippen LogP contribution in [-0.2, 0) is 0 Å². The van der Waals surface area contributed by atoms with Gasteiger partial charge in [0.2, 0.25) is 0 Å². The van der Waals surface area contributed by atoms with Crippen LogP contribution in [0, 0.1) is 0 Å². The Balaban J connectivity index is 1.47. The molecule has 152 valence electrons. The number of rotatable bonds is 1. The predicted molar refractivity (Wildman–Crippen MR) is 146 cm³/mol. The summed E-state index contributed by atoms with van der Waals surface area (Å²) >= 11 is 1.93. The topological polar surface area (TPSA) is 0 Å². The molecular weight excluding hydrogens is 416 g/mol. The molecule has 0 saturated carbocycles. The second kappa shape index (κ2) is 6.31. The van der Waals surface area contributed by atoms with E-state index in [0.717, 1.165) is 0 Å². The zero-order valence-corrected chi connectivity index (χ0v) is 18.6. The summed E-state index contributed by atoms with van der Waals surface area (Å²) in [5.41, 5.74) is 2.62. The fourth-order valence-electron chi connectivity index (χ4n) is 5.66. The molecule has 0 spiro atoms. The van der Waals surface area contributed by atoms with Crippen LogP contribution in [0.15, 0.2) is 109 Å². The normalized spacial score (nSPS) is 12.2.